The SMILES string of the molecule is Cl.Cl.c1ccc(C(=NOC2CCNCC2)c2cc3ccncc3[nH]2)cc1. The lowest BCUT2D eigenvalue weighted by atomic mass is 10.1. The molecule has 7 heteroatoms. The molecule has 26 heavy (non-hydrogen) atoms. The average Bonchev–Trinajstić information content (AvgIpc) is 3.07. The summed E-state index contributed by atoms with van der Waals surface area (Å²) in [6.07, 6.45) is 5.78. The molecule has 0 unspecified atom stereocenters. The van der Waals surface area contributed by atoms with Gasteiger partial charge in [0.25, 0.3) is 0 Å². The zero-order chi connectivity index (χ0) is 16.2. The van der Waals surface area contributed by atoms with Crippen molar-refractivity contribution < 1.29 is 4.84 Å². The summed E-state index contributed by atoms with van der Waals surface area (Å²) in [5, 5.41) is 8.98. The third-order valence-electron chi connectivity index (χ3n) is 4.31. The topological polar surface area (TPSA) is 62.3 Å². The van der Waals surface area contributed by atoms with Gasteiger partial charge in [-0.15, -0.1) is 24.8 Å². The number of nitrogens with one attached hydrogen (secondary N) is 2. The molecular formula is C19H22Cl2N4O. The molecule has 2 N–H and O–H groups in total. The second kappa shape index (κ2) is 9.57. The molecule has 1 aliphatic heterocycles. The Hall–Kier alpha value is -2.08. The molecular weight excluding hydrogens is 371 g/mol. The fourth-order valence-electron chi connectivity index (χ4n) is 2.98. The standard InChI is InChI=1S/C19H20N4O.2ClH/c1-2-4-14(5-3-1)19(23-24-16-7-10-20-11-8-16)17-12-15-6-9-21-13-18(15)22-17;;/h1-6,9,12-13,16,20,22H,7-8,10-11H2;2*1H. The van der Waals surface area contributed by atoms with Crippen LogP contribution in [-0.4, -0.2) is 34.9 Å². The van der Waals surface area contributed by atoms with E-state index in [0.717, 1.165) is 53.8 Å². The number of hydrogen-bond acceptors (Lipinski definition) is 4. The van der Waals surface area contributed by atoms with Crippen molar-refractivity contribution in [2.24, 2.45) is 5.16 Å². The number of halogens is 2. The van der Waals surface area contributed by atoms with Gasteiger partial charge in [0.15, 0.2) is 0 Å². The Bertz CT molecular complexity index is 812. The fourth-order valence-corrected chi connectivity index (χ4v) is 2.98. The van der Waals surface area contributed by atoms with Crippen molar-refractivity contribution in [1.29, 1.82) is 0 Å². The van der Waals surface area contributed by atoms with Crippen LogP contribution in [0.3, 0.4) is 0 Å². The highest BCUT2D eigenvalue weighted by molar-refractivity contribution is 6.13. The van der Waals surface area contributed by atoms with E-state index in [1.807, 2.05) is 42.6 Å². The summed E-state index contributed by atoms with van der Waals surface area (Å²) in [5.74, 6) is 0. The molecule has 5 nitrogen and oxygen atoms in total. The molecule has 3 heterocycles. The van der Waals surface area contributed by atoms with Crippen LogP contribution in [0.1, 0.15) is 24.1 Å². The van der Waals surface area contributed by atoms with Crippen LogP contribution in [0.4, 0.5) is 0 Å². The van der Waals surface area contributed by atoms with Crippen molar-refractivity contribution in [2.75, 3.05) is 13.1 Å². The molecule has 3 aromatic rings. The van der Waals surface area contributed by atoms with E-state index in [9.17, 15) is 0 Å². The molecule has 0 amide bonds. The summed E-state index contributed by atoms with van der Waals surface area (Å²) in [6, 6.07) is 14.2. The molecule has 1 fully saturated rings. The molecule has 0 atom stereocenters. The van der Waals surface area contributed by atoms with Crippen molar-refractivity contribution in [3.05, 3.63) is 66.1 Å². The Morgan fingerprint density at radius 3 is 2.58 bits per heavy atom. The molecule has 0 bridgehead atoms. The predicted molar refractivity (Wildman–Crippen MR) is 110 cm³/mol. The second-order valence-corrected chi connectivity index (χ2v) is 6.01. The summed E-state index contributed by atoms with van der Waals surface area (Å²) in [4.78, 5) is 13.4. The maximum atomic E-state index is 5.86. The van der Waals surface area contributed by atoms with Gasteiger partial charge >= 0.3 is 0 Å². The van der Waals surface area contributed by atoms with E-state index in [-0.39, 0.29) is 30.9 Å². The lowest BCUT2D eigenvalue weighted by Gasteiger charge is -2.21. The van der Waals surface area contributed by atoms with Gasteiger partial charge in [0.05, 0.1) is 17.4 Å². The molecule has 1 aromatic carbocycles. The zero-order valence-corrected chi connectivity index (χ0v) is 15.9. The van der Waals surface area contributed by atoms with Crippen molar-refractivity contribution in [3.8, 4) is 0 Å². The van der Waals surface area contributed by atoms with Gasteiger partial charge < -0.3 is 15.1 Å². The number of fused-ring (bicyclic) bond motifs is 1. The van der Waals surface area contributed by atoms with Gasteiger partial charge in [-0.25, -0.2) is 0 Å². The lowest BCUT2D eigenvalue weighted by molar-refractivity contribution is 0.0379. The maximum absolute atomic E-state index is 5.86. The second-order valence-electron chi connectivity index (χ2n) is 6.01. The minimum absolute atomic E-state index is 0. The molecule has 0 aliphatic carbocycles. The molecule has 1 saturated heterocycles. The Labute approximate surface area is 165 Å². The number of aromatic amines is 1. The number of rotatable bonds is 4. The number of H-pyrrole nitrogens is 1. The molecule has 2 aromatic heterocycles. The van der Waals surface area contributed by atoms with Gasteiger partial charge in [-0.05, 0) is 38.1 Å². The van der Waals surface area contributed by atoms with E-state index >= 15 is 0 Å². The van der Waals surface area contributed by atoms with Gasteiger partial charge in [0, 0.05) is 17.1 Å². The molecule has 1 aliphatic rings. The number of pyridine rings is 1. The van der Waals surface area contributed by atoms with Gasteiger partial charge in [0.2, 0.25) is 0 Å². The molecule has 0 spiro atoms. The minimum atomic E-state index is 0. The first kappa shape index (κ1) is 20.2. The van der Waals surface area contributed by atoms with Crippen LogP contribution < -0.4 is 5.32 Å². The highest BCUT2D eigenvalue weighted by atomic mass is 35.5. The summed E-state index contributed by atoms with van der Waals surface area (Å²) in [7, 11) is 0. The molecule has 0 saturated carbocycles. The van der Waals surface area contributed by atoms with Crippen LogP contribution in [0.2, 0.25) is 0 Å². The predicted octanol–water partition coefficient (Wildman–Crippen LogP) is 3.93. The first-order valence-corrected chi connectivity index (χ1v) is 8.33. The van der Waals surface area contributed by atoms with Crippen LogP contribution in [0.15, 0.2) is 60.0 Å². The zero-order valence-electron chi connectivity index (χ0n) is 14.2. The van der Waals surface area contributed by atoms with Gasteiger partial charge in [-0.1, -0.05) is 35.5 Å². The van der Waals surface area contributed by atoms with Gasteiger partial charge in [-0.3, -0.25) is 4.98 Å². The molecule has 138 valence electrons. The monoisotopic (exact) mass is 392 g/mol. The largest absolute Gasteiger partial charge is 0.392 e. The Morgan fingerprint density at radius 2 is 1.85 bits per heavy atom. The van der Waals surface area contributed by atoms with Crippen molar-refractivity contribution in [3.63, 3.8) is 0 Å². The van der Waals surface area contributed by atoms with E-state index in [4.69, 9.17) is 4.84 Å². The molecule has 4 rings (SSSR count). The summed E-state index contributed by atoms with van der Waals surface area (Å²) in [6.45, 7) is 1.97. The van der Waals surface area contributed by atoms with Crippen molar-refractivity contribution in [1.82, 2.24) is 15.3 Å². The average molecular weight is 393 g/mol. The van der Waals surface area contributed by atoms with E-state index in [1.54, 1.807) is 6.20 Å². The summed E-state index contributed by atoms with van der Waals surface area (Å²) >= 11 is 0. The Balaban J connectivity index is 0.00000121. The summed E-state index contributed by atoms with van der Waals surface area (Å²) < 4.78 is 0. The number of aromatic nitrogens is 2. The maximum Gasteiger partial charge on any atom is 0.133 e. The normalized spacial score (nSPS) is 15.2. The first-order chi connectivity index (χ1) is 11.9. The van der Waals surface area contributed by atoms with Crippen LogP contribution in [0.5, 0.6) is 0 Å². The van der Waals surface area contributed by atoms with E-state index in [1.165, 1.54) is 0 Å². The highest BCUT2D eigenvalue weighted by Gasteiger charge is 2.16. The van der Waals surface area contributed by atoms with Crippen LogP contribution >= 0.6 is 24.8 Å². The minimum Gasteiger partial charge on any atom is -0.392 e. The smallest absolute Gasteiger partial charge is 0.133 e. The van der Waals surface area contributed by atoms with Crippen molar-refractivity contribution >= 4 is 41.4 Å². The van der Waals surface area contributed by atoms with Crippen LogP contribution in [-0.2, 0) is 4.84 Å². The number of hydrogen-bond donors (Lipinski definition) is 2. The quantitative estimate of drug-likeness (QED) is 0.522. The van der Waals surface area contributed by atoms with Crippen LogP contribution in [0, 0.1) is 0 Å². The number of benzene rings is 1. The van der Waals surface area contributed by atoms with E-state index in [2.05, 4.69) is 26.5 Å². The van der Waals surface area contributed by atoms with E-state index < -0.39 is 0 Å². The van der Waals surface area contributed by atoms with Crippen molar-refractivity contribution in [2.45, 2.75) is 18.9 Å². The lowest BCUT2D eigenvalue weighted by Crippen LogP contribution is -2.31. The summed E-state index contributed by atoms with van der Waals surface area (Å²) in [5.41, 5.74) is 3.80. The number of nitrogens with zero attached hydrogens (tertiary/aromatic N) is 2. The fraction of sp³-hybridized carbons (Fsp3) is 0.263. The Morgan fingerprint density at radius 1 is 1.08 bits per heavy atom. The first-order valence-electron chi connectivity index (χ1n) is 8.33. The number of oxime groups is 1. The Kier molecular flexibility index (Phi) is 7.45. The third kappa shape index (κ3) is 4.55. The van der Waals surface area contributed by atoms with E-state index in [0.29, 0.717) is 0 Å². The van der Waals surface area contributed by atoms with Gasteiger partial charge in [0.1, 0.15) is 11.8 Å². The number of piperidine rings is 1. The third-order valence-corrected chi connectivity index (χ3v) is 4.31. The highest BCUT2D eigenvalue weighted by Crippen LogP contribution is 2.18. The van der Waals surface area contributed by atoms with Crippen LogP contribution in [0.25, 0.3) is 10.9 Å². The molecule has 0 radical (unpaired) electrons. The van der Waals surface area contributed by atoms with Gasteiger partial charge in [-0.2, -0.15) is 0 Å².